The van der Waals surface area contributed by atoms with Crippen LogP contribution in [0.25, 0.3) is 21.8 Å². The number of aromatic nitrogens is 4. The minimum atomic E-state index is -4.63. The lowest BCUT2D eigenvalue weighted by molar-refractivity contribution is -0.137. The topological polar surface area (TPSA) is 149 Å². The van der Waals surface area contributed by atoms with E-state index in [0.717, 1.165) is 29.7 Å². The summed E-state index contributed by atoms with van der Waals surface area (Å²) >= 11 is 0.899. The first-order chi connectivity index (χ1) is 17.6. The van der Waals surface area contributed by atoms with E-state index in [4.69, 9.17) is 9.88 Å². The first-order valence-corrected chi connectivity index (χ1v) is 12.9. The summed E-state index contributed by atoms with van der Waals surface area (Å²) in [5, 5.41) is 22.9. The van der Waals surface area contributed by atoms with Gasteiger partial charge in [-0.2, -0.15) is 27.9 Å². The van der Waals surface area contributed by atoms with Crippen LogP contribution in [0.3, 0.4) is 0 Å². The second-order valence-electron chi connectivity index (χ2n) is 8.00. The van der Waals surface area contributed by atoms with Gasteiger partial charge in [0, 0.05) is 30.4 Å². The quantitative estimate of drug-likeness (QED) is 0.372. The number of nitrogens with zero attached hydrogens (tertiary/aromatic N) is 5. The van der Waals surface area contributed by atoms with Gasteiger partial charge in [-0.25, -0.2) is 18.5 Å². The minimum absolute atomic E-state index is 0.0393. The van der Waals surface area contributed by atoms with Crippen molar-refractivity contribution in [2.45, 2.75) is 17.1 Å². The van der Waals surface area contributed by atoms with Crippen molar-refractivity contribution in [2.24, 2.45) is 5.14 Å². The summed E-state index contributed by atoms with van der Waals surface area (Å²) in [5.41, 5.74) is -0.849. The summed E-state index contributed by atoms with van der Waals surface area (Å²) in [5.74, 6) is -0.250. The average Bonchev–Trinajstić information content (AvgIpc) is 3.49. The Morgan fingerprint density at radius 1 is 1.16 bits per heavy atom. The fourth-order valence-corrected chi connectivity index (χ4v) is 5.41. The molecule has 0 atom stereocenters. The van der Waals surface area contributed by atoms with Crippen molar-refractivity contribution in [3.05, 3.63) is 60.0 Å². The Bertz CT molecular complexity index is 1620. The molecule has 1 saturated heterocycles. The molecule has 1 aliphatic heterocycles. The van der Waals surface area contributed by atoms with E-state index < -0.39 is 32.2 Å². The SMILES string of the molecule is N#Cc1c(Oc2ccc(C(F)(F)F)cc2-c2ccnn2C2CNC2)ccc(-c2ncns2)c1S(N)(=O)=O. The molecule has 15 heteroatoms. The van der Waals surface area contributed by atoms with Crippen LogP contribution >= 0.6 is 11.5 Å². The van der Waals surface area contributed by atoms with E-state index in [1.54, 1.807) is 16.8 Å². The van der Waals surface area contributed by atoms with Crippen LogP contribution in [0.4, 0.5) is 13.2 Å². The number of primary sulfonamides is 1. The molecule has 0 amide bonds. The molecule has 0 unspecified atom stereocenters. The van der Waals surface area contributed by atoms with E-state index in [-0.39, 0.29) is 33.7 Å². The Morgan fingerprint density at radius 3 is 2.51 bits per heavy atom. The molecule has 0 spiro atoms. The van der Waals surface area contributed by atoms with Gasteiger partial charge in [-0.1, -0.05) is 0 Å². The summed E-state index contributed by atoms with van der Waals surface area (Å²) in [6.07, 6.45) is -1.94. The van der Waals surface area contributed by atoms with Gasteiger partial charge in [-0.3, -0.25) is 4.68 Å². The van der Waals surface area contributed by atoms with Crippen LogP contribution in [0.15, 0.2) is 53.8 Å². The van der Waals surface area contributed by atoms with Gasteiger partial charge >= 0.3 is 6.18 Å². The zero-order valence-corrected chi connectivity index (χ0v) is 20.2. The fraction of sp³-hybridized carbons (Fsp3) is 0.182. The molecule has 0 radical (unpaired) electrons. The standard InChI is InChI=1S/C22H16F3N7O3S2/c23-22(24,25)12-1-3-18(15(7-12)17-5-6-30-32(17)13-9-28-10-13)35-19-4-2-14(21-29-11-31-36-21)20(16(19)8-26)37(27,33)34/h1-7,11,13,28H,9-10H2,(H2,27,33,34). The Kier molecular flexibility index (Phi) is 6.20. The molecule has 1 aliphatic rings. The molecule has 37 heavy (non-hydrogen) atoms. The van der Waals surface area contributed by atoms with Crippen molar-refractivity contribution in [1.29, 1.82) is 5.26 Å². The lowest BCUT2D eigenvalue weighted by Crippen LogP contribution is -2.44. The number of nitrogens with one attached hydrogen (secondary N) is 1. The number of ether oxygens (including phenoxy) is 1. The average molecular weight is 548 g/mol. The monoisotopic (exact) mass is 547 g/mol. The summed E-state index contributed by atoms with van der Waals surface area (Å²) < 4.78 is 77.1. The molecule has 190 valence electrons. The van der Waals surface area contributed by atoms with Gasteiger partial charge in [0.1, 0.15) is 39.4 Å². The van der Waals surface area contributed by atoms with Gasteiger partial charge in [0.25, 0.3) is 0 Å². The van der Waals surface area contributed by atoms with Crippen molar-refractivity contribution < 1.29 is 26.3 Å². The molecule has 0 aliphatic carbocycles. The second kappa shape index (κ2) is 9.23. The number of hydrogen-bond acceptors (Lipinski definition) is 9. The van der Waals surface area contributed by atoms with E-state index >= 15 is 0 Å². The van der Waals surface area contributed by atoms with E-state index in [2.05, 4.69) is 19.8 Å². The first-order valence-electron chi connectivity index (χ1n) is 10.6. The zero-order valence-electron chi connectivity index (χ0n) is 18.6. The van der Waals surface area contributed by atoms with Gasteiger partial charge in [0.15, 0.2) is 0 Å². The highest BCUT2D eigenvalue weighted by Gasteiger charge is 2.33. The maximum Gasteiger partial charge on any atom is 0.416 e. The molecule has 5 rings (SSSR count). The largest absolute Gasteiger partial charge is 0.455 e. The van der Waals surface area contributed by atoms with E-state index in [9.17, 15) is 26.9 Å². The van der Waals surface area contributed by atoms with Crippen molar-refractivity contribution in [2.75, 3.05) is 13.1 Å². The van der Waals surface area contributed by atoms with E-state index in [1.807, 2.05) is 0 Å². The second-order valence-corrected chi connectivity index (χ2v) is 10.3. The molecule has 10 nitrogen and oxygen atoms in total. The molecule has 3 heterocycles. The molecule has 4 aromatic rings. The number of hydrogen-bond donors (Lipinski definition) is 2. The van der Waals surface area contributed by atoms with E-state index in [1.165, 1.54) is 24.7 Å². The maximum absolute atomic E-state index is 13.6. The number of halogens is 3. The number of sulfonamides is 1. The number of nitrogens with two attached hydrogens (primary N) is 1. The number of nitriles is 1. The molecule has 2 aromatic heterocycles. The van der Waals surface area contributed by atoms with Crippen LogP contribution in [0.1, 0.15) is 17.2 Å². The third-order valence-corrected chi connectivity index (χ3v) is 7.38. The van der Waals surface area contributed by atoms with Crippen LogP contribution in [0.5, 0.6) is 11.5 Å². The van der Waals surface area contributed by atoms with Gasteiger partial charge in [0.05, 0.1) is 17.3 Å². The van der Waals surface area contributed by atoms with Crippen LogP contribution in [-0.2, 0) is 16.2 Å². The molecule has 0 saturated carbocycles. The number of benzene rings is 2. The summed E-state index contributed by atoms with van der Waals surface area (Å²) in [4.78, 5) is 3.46. The van der Waals surface area contributed by atoms with Gasteiger partial charge in [0.2, 0.25) is 10.0 Å². The van der Waals surface area contributed by atoms with Crippen molar-refractivity contribution >= 4 is 21.6 Å². The van der Waals surface area contributed by atoms with Crippen molar-refractivity contribution in [1.82, 2.24) is 24.5 Å². The highest BCUT2D eigenvalue weighted by Crippen LogP contribution is 2.42. The zero-order chi connectivity index (χ0) is 26.4. The molecule has 1 fully saturated rings. The van der Waals surface area contributed by atoms with Crippen molar-refractivity contribution in [3.63, 3.8) is 0 Å². The highest BCUT2D eigenvalue weighted by molar-refractivity contribution is 7.89. The predicted molar refractivity (Wildman–Crippen MR) is 126 cm³/mol. The third-order valence-electron chi connectivity index (χ3n) is 5.69. The fourth-order valence-electron chi connectivity index (χ4n) is 3.89. The Hall–Kier alpha value is -3.84. The Balaban J connectivity index is 1.67. The molecular weight excluding hydrogens is 531 g/mol. The Morgan fingerprint density at radius 2 is 1.92 bits per heavy atom. The lowest BCUT2D eigenvalue weighted by atomic mass is 10.0. The van der Waals surface area contributed by atoms with Crippen molar-refractivity contribution in [3.8, 4) is 39.4 Å². The summed E-state index contributed by atoms with van der Waals surface area (Å²) in [6.45, 7) is 1.18. The predicted octanol–water partition coefficient (Wildman–Crippen LogP) is 3.54. The number of rotatable bonds is 6. The van der Waals surface area contributed by atoms with Gasteiger partial charge in [-0.15, -0.1) is 0 Å². The van der Waals surface area contributed by atoms with Gasteiger partial charge < -0.3 is 10.1 Å². The van der Waals surface area contributed by atoms with Crippen LogP contribution in [0.2, 0.25) is 0 Å². The van der Waals surface area contributed by atoms with Crippen LogP contribution in [-0.4, -0.2) is 40.6 Å². The summed E-state index contributed by atoms with van der Waals surface area (Å²) in [7, 11) is -4.44. The molecule has 0 bridgehead atoms. The molecule has 2 aromatic carbocycles. The Labute approximate surface area is 212 Å². The van der Waals surface area contributed by atoms with Crippen LogP contribution in [0, 0.1) is 11.3 Å². The molecular formula is C22H16F3N7O3S2. The normalized spacial score (nSPS) is 14.2. The minimum Gasteiger partial charge on any atom is -0.455 e. The number of alkyl halides is 3. The first kappa shape index (κ1) is 24.8. The smallest absolute Gasteiger partial charge is 0.416 e. The lowest BCUT2D eigenvalue weighted by Gasteiger charge is -2.29. The van der Waals surface area contributed by atoms with E-state index in [0.29, 0.717) is 18.8 Å². The molecule has 3 N–H and O–H groups in total. The highest BCUT2D eigenvalue weighted by atomic mass is 32.2. The third kappa shape index (κ3) is 4.67. The maximum atomic E-state index is 13.6. The summed E-state index contributed by atoms with van der Waals surface area (Å²) in [6, 6.07) is 8.85. The van der Waals surface area contributed by atoms with Crippen LogP contribution < -0.4 is 15.2 Å². The van der Waals surface area contributed by atoms with Gasteiger partial charge in [-0.05, 0) is 47.9 Å².